The first-order valence-corrected chi connectivity index (χ1v) is 9.17. The van der Waals surface area contributed by atoms with Crippen molar-refractivity contribution in [3.63, 3.8) is 0 Å². The fraction of sp³-hybridized carbons (Fsp3) is 0.174. The van der Waals surface area contributed by atoms with Gasteiger partial charge in [-0.3, -0.25) is 0 Å². The molecule has 0 unspecified atom stereocenters. The predicted octanol–water partition coefficient (Wildman–Crippen LogP) is 4.95. The number of hydrogen-bond acceptors (Lipinski definition) is 5. The highest BCUT2D eigenvalue weighted by atomic mass is 16.5. The topological polar surface area (TPSA) is 65.7 Å². The molecule has 1 aliphatic heterocycles. The Balaban J connectivity index is 1.85. The molecule has 0 radical (unpaired) electrons. The van der Waals surface area contributed by atoms with Crippen LogP contribution in [0.4, 0.5) is 5.69 Å². The average Bonchev–Trinajstić information content (AvgIpc) is 2.73. The van der Waals surface area contributed by atoms with Gasteiger partial charge in [-0.1, -0.05) is 30.3 Å². The number of aromatic hydroxyl groups is 1. The Hall–Kier alpha value is -3.65. The Kier molecular flexibility index (Phi) is 4.77. The number of benzene rings is 3. The van der Waals surface area contributed by atoms with Crippen molar-refractivity contribution >= 4 is 5.69 Å². The van der Waals surface area contributed by atoms with Crippen LogP contribution in [0.2, 0.25) is 0 Å². The molecule has 3 aromatic rings. The van der Waals surface area contributed by atoms with Gasteiger partial charge in [-0.05, 0) is 49.4 Å². The number of para-hydroxylation sites is 2. The lowest BCUT2D eigenvalue weighted by Crippen LogP contribution is -2.39. The first kappa shape index (κ1) is 17.7. The number of nitrogens with zero attached hydrogens (tertiary/aromatic N) is 2. The summed E-state index contributed by atoms with van der Waals surface area (Å²) < 4.78 is 11.8. The van der Waals surface area contributed by atoms with Crippen LogP contribution in [0.15, 0.2) is 72.8 Å². The fourth-order valence-electron chi connectivity index (χ4n) is 3.48. The van der Waals surface area contributed by atoms with E-state index in [1.165, 1.54) is 0 Å². The third-order valence-corrected chi connectivity index (χ3v) is 4.75. The number of fused-ring (bicyclic) bond motifs is 1. The Morgan fingerprint density at radius 3 is 2.36 bits per heavy atom. The van der Waals surface area contributed by atoms with Crippen LogP contribution in [0, 0.1) is 11.3 Å². The SMILES string of the molecule is CCOc1ccc(N2[C@H](C#N)c3ccccc3O[C@@H]2c2ccccc2O)cc1. The zero-order valence-electron chi connectivity index (χ0n) is 15.4. The summed E-state index contributed by atoms with van der Waals surface area (Å²) in [7, 11) is 0. The molecule has 0 amide bonds. The first-order chi connectivity index (χ1) is 13.7. The molecule has 140 valence electrons. The number of anilines is 1. The lowest BCUT2D eigenvalue weighted by Gasteiger charge is -2.41. The second-order valence-electron chi connectivity index (χ2n) is 6.43. The Morgan fingerprint density at radius 1 is 1.00 bits per heavy atom. The molecule has 4 rings (SSSR count). The third-order valence-electron chi connectivity index (χ3n) is 4.75. The molecule has 3 aromatic carbocycles. The fourth-order valence-corrected chi connectivity index (χ4v) is 3.48. The Morgan fingerprint density at radius 2 is 1.68 bits per heavy atom. The van der Waals surface area contributed by atoms with Crippen molar-refractivity contribution in [2.45, 2.75) is 19.2 Å². The van der Waals surface area contributed by atoms with Crippen molar-refractivity contribution < 1.29 is 14.6 Å². The summed E-state index contributed by atoms with van der Waals surface area (Å²) in [6, 6.07) is 23.9. The third kappa shape index (κ3) is 3.10. The van der Waals surface area contributed by atoms with Crippen molar-refractivity contribution in [3.8, 4) is 23.3 Å². The Labute approximate surface area is 164 Å². The van der Waals surface area contributed by atoms with Gasteiger partial charge in [0.25, 0.3) is 0 Å². The lowest BCUT2D eigenvalue weighted by molar-refractivity contribution is 0.168. The zero-order chi connectivity index (χ0) is 19.5. The summed E-state index contributed by atoms with van der Waals surface area (Å²) in [5.41, 5.74) is 2.20. The normalized spacial score (nSPS) is 17.9. The largest absolute Gasteiger partial charge is 0.507 e. The van der Waals surface area contributed by atoms with Gasteiger partial charge >= 0.3 is 0 Å². The van der Waals surface area contributed by atoms with Gasteiger partial charge in [0.15, 0.2) is 0 Å². The predicted molar refractivity (Wildman–Crippen MR) is 106 cm³/mol. The van der Waals surface area contributed by atoms with Crippen LogP contribution in [0.5, 0.6) is 17.2 Å². The van der Waals surface area contributed by atoms with Gasteiger partial charge in [0.1, 0.15) is 23.3 Å². The second-order valence-corrected chi connectivity index (χ2v) is 6.43. The molecule has 0 aromatic heterocycles. The van der Waals surface area contributed by atoms with E-state index >= 15 is 0 Å². The van der Waals surface area contributed by atoms with Crippen LogP contribution in [0.1, 0.15) is 30.3 Å². The van der Waals surface area contributed by atoms with Crippen LogP contribution in [-0.4, -0.2) is 11.7 Å². The summed E-state index contributed by atoms with van der Waals surface area (Å²) in [6.07, 6.45) is -0.640. The van der Waals surface area contributed by atoms with Crippen LogP contribution >= 0.6 is 0 Å². The highest BCUT2D eigenvalue weighted by molar-refractivity contribution is 5.59. The molecule has 28 heavy (non-hydrogen) atoms. The maximum atomic E-state index is 10.4. The molecule has 1 heterocycles. The number of phenols is 1. The number of ether oxygens (including phenoxy) is 2. The molecular weight excluding hydrogens is 352 g/mol. The highest BCUT2D eigenvalue weighted by Gasteiger charge is 2.38. The van der Waals surface area contributed by atoms with Crippen molar-refractivity contribution in [1.29, 1.82) is 5.26 Å². The van der Waals surface area contributed by atoms with Crippen LogP contribution in [0.25, 0.3) is 0 Å². The number of nitriles is 1. The zero-order valence-corrected chi connectivity index (χ0v) is 15.4. The molecule has 5 nitrogen and oxygen atoms in total. The van der Waals surface area contributed by atoms with E-state index < -0.39 is 12.3 Å². The van der Waals surface area contributed by atoms with E-state index in [1.807, 2.05) is 72.5 Å². The first-order valence-electron chi connectivity index (χ1n) is 9.17. The molecule has 5 heteroatoms. The number of phenolic OH excluding ortho intramolecular Hbond substituents is 1. The molecule has 0 saturated heterocycles. The van der Waals surface area contributed by atoms with Gasteiger partial charge in [0, 0.05) is 11.3 Å². The quantitative estimate of drug-likeness (QED) is 0.702. The van der Waals surface area contributed by atoms with Gasteiger partial charge in [0.05, 0.1) is 18.2 Å². The summed E-state index contributed by atoms with van der Waals surface area (Å²) in [5.74, 6) is 1.53. The maximum Gasteiger partial charge on any atom is 0.203 e. The second kappa shape index (κ2) is 7.53. The minimum atomic E-state index is -0.640. The molecule has 0 spiro atoms. The van der Waals surface area contributed by atoms with Gasteiger partial charge < -0.3 is 19.5 Å². The van der Waals surface area contributed by atoms with E-state index in [2.05, 4.69) is 6.07 Å². The van der Waals surface area contributed by atoms with E-state index in [1.54, 1.807) is 12.1 Å². The molecule has 0 bridgehead atoms. The van der Waals surface area contributed by atoms with E-state index in [0.717, 1.165) is 17.0 Å². The van der Waals surface area contributed by atoms with Gasteiger partial charge in [-0.15, -0.1) is 0 Å². The van der Waals surface area contributed by atoms with Crippen LogP contribution in [0.3, 0.4) is 0 Å². The summed E-state index contributed by atoms with van der Waals surface area (Å²) in [5, 5.41) is 20.4. The highest BCUT2D eigenvalue weighted by Crippen LogP contribution is 2.46. The molecule has 0 saturated carbocycles. The van der Waals surface area contributed by atoms with Gasteiger partial charge in [-0.25, -0.2) is 0 Å². The number of hydrogen-bond donors (Lipinski definition) is 1. The minimum Gasteiger partial charge on any atom is -0.507 e. The van der Waals surface area contributed by atoms with E-state index in [0.29, 0.717) is 17.9 Å². The molecule has 0 fully saturated rings. The molecular formula is C23H20N2O3. The van der Waals surface area contributed by atoms with Crippen LogP contribution < -0.4 is 14.4 Å². The molecule has 0 aliphatic carbocycles. The summed E-state index contributed by atoms with van der Waals surface area (Å²) in [4.78, 5) is 1.88. The van der Waals surface area contributed by atoms with Crippen molar-refractivity contribution in [1.82, 2.24) is 0 Å². The number of rotatable bonds is 4. The van der Waals surface area contributed by atoms with Crippen LogP contribution in [-0.2, 0) is 0 Å². The van der Waals surface area contributed by atoms with E-state index in [4.69, 9.17) is 9.47 Å². The summed E-state index contributed by atoms with van der Waals surface area (Å²) in [6.45, 7) is 2.52. The minimum absolute atomic E-state index is 0.125. The average molecular weight is 372 g/mol. The van der Waals surface area contributed by atoms with E-state index in [9.17, 15) is 10.4 Å². The summed E-state index contributed by atoms with van der Waals surface area (Å²) >= 11 is 0. The lowest BCUT2D eigenvalue weighted by atomic mass is 9.99. The van der Waals surface area contributed by atoms with Crippen molar-refractivity contribution in [2.75, 3.05) is 11.5 Å². The van der Waals surface area contributed by atoms with E-state index in [-0.39, 0.29) is 5.75 Å². The smallest absolute Gasteiger partial charge is 0.203 e. The van der Waals surface area contributed by atoms with Gasteiger partial charge in [0.2, 0.25) is 6.23 Å². The van der Waals surface area contributed by atoms with Crippen molar-refractivity contribution in [2.24, 2.45) is 0 Å². The van der Waals surface area contributed by atoms with Crippen molar-refractivity contribution in [3.05, 3.63) is 83.9 Å². The Bertz CT molecular complexity index is 1010. The molecule has 2 atom stereocenters. The molecule has 1 N–H and O–H groups in total. The molecule has 1 aliphatic rings. The maximum absolute atomic E-state index is 10.4. The monoisotopic (exact) mass is 372 g/mol. The standard InChI is InChI=1S/C23H20N2O3/c1-2-27-17-13-11-16(12-14-17)25-20(15-24)18-7-4-6-10-22(18)28-23(25)19-8-3-5-9-21(19)26/h3-14,20,23,26H,2H2,1H3/t20-,23-/m1/s1. The van der Waals surface area contributed by atoms with Gasteiger partial charge in [-0.2, -0.15) is 5.26 Å².